The van der Waals surface area contributed by atoms with Crippen LogP contribution in [0.5, 0.6) is 0 Å². The van der Waals surface area contributed by atoms with Gasteiger partial charge in [-0.25, -0.2) is 0 Å². The Bertz CT molecular complexity index is 76.6. The molecule has 0 aromatic rings. The summed E-state index contributed by atoms with van der Waals surface area (Å²) in [5, 5.41) is 0. The molecule has 0 aliphatic carbocycles. The maximum absolute atomic E-state index is 8.51. The third kappa shape index (κ3) is 6.66. The van der Waals surface area contributed by atoms with E-state index in [9.17, 15) is 0 Å². The minimum atomic E-state index is -1.17. The van der Waals surface area contributed by atoms with E-state index in [0.717, 1.165) is 0 Å². The van der Waals surface area contributed by atoms with Gasteiger partial charge in [0.15, 0.2) is 0 Å². The van der Waals surface area contributed by atoms with Gasteiger partial charge in [-0.15, -0.1) is 0 Å². The van der Waals surface area contributed by atoms with Crippen molar-refractivity contribution in [1.29, 1.82) is 0 Å². The third-order valence-electron chi connectivity index (χ3n) is 0.616. The molecule has 0 amide bonds. The summed E-state index contributed by atoms with van der Waals surface area (Å²) >= 11 is 0. The second-order valence-corrected chi connectivity index (χ2v) is 4.51. The molecule has 1 atom stereocenters. The van der Waals surface area contributed by atoms with E-state index in [0.29, 0.717) is 0 Å². The highest BCUT2D eigenvalue weighted by Gasteiger charge is 1.86. The summed E-state index contributed by atoms with van der Waals surface area (Å²) in [6, 6.07) is 0. The summed E-state index contributed by atoms with van der Waals surface area (Å²) in [4.78, 5) is 7.04. The van der Waals surface area contributed by atoms with Gasteiger partial charge in [0, 0.05) is 0 Å². The molecular weight excluding hydrogens is 161 g/mol. The fourth-order valence-electron chi connectivity index (χ4n) is 0.354. The van der Waals surface area contributed by atoms with Gasteiger partial charge in [-0.2, -0.15) is 4.89 Å². The second-order valence-electron chi connectivity index (χ2n) is 1.17. The predicted octanol–water partition coefficient (Wildman–Crippen LogP) is 2.12. The van der Waals surface area contributed by atoms with Crippen molar-refractivity contribution in [3.8, 4) is 0 Å². The third-order valence-corrected chi connectivity index (χ3v) is 3.65. The first-order valence-corrected chi connectivity index (χ1v) is 5.98. The zero-order chi connectivity index (χ0) is 6.24. The molecule has 0 fully saturated rings. The summed E-state index contributed by atoms with van der Waals surface area (Å²) in [5.41, 5.74) is 0. The summed E-state index contributed by atoms with van der Waals surface area (Å²) in [6.45, 7) is 0. The van der Waals surface area contributed by atoms with Crippen LogP contribution >= 0.6 is 24.4 Å². The Morgan fingerprint density at radius 1 is 1.38 bits per heavy atom. The lowest BCUT2D eigenvalue weighted by Crippen LogP contribution is -1.64. The van der Waals surface area contributed by atoms with Gasteiger partial charge >= 0.3 is 8.69 Å². The number of hydrogen-bond acceptors (Lipinski definition) is 1. The molecular formula is C3H8O2P3+. The molecule has 46 valence electrons. The maximum atomic E-state index is 8.51. The van der Waals surface area contributed by atoms with E-state index >= 15 is 0 Å². The summed E-state index contributed by atoms with van der Waals surface area (Å²) in [7, 11) is 2.16. The summed E-state index contributed by atoms with van der Waals surface area (Å²) in [6.07, 6.45) is 4.40. The first-order valence-electron chi connectivity index (χ1n) is 2.26. The van der Waals surface area contributed by atoms with Crippen LogP contribution in [0.4, 0.5) is 0 Å². The quantitative estimate of drug-likeness (QED) is 0.563. The van der Waals surface area contributed by atoms with Crippen molar-refractivity contribution in [2.75, 3.05) is 12.3 Å². The van der Waals surface area contributed by atoms with Crippen LogP contribution < -0.4 is 0 Å². The average Bonchev–Trinajstić information content (AvgIpc) is 2.17. The zero-order valence-electron chi connectivity index (χ0n) is 4.37. The van der Waals surface area contributed by atoms with Crippen LogP contribution in [-0.4, -0.2) is 17.2 Å². The molecule has 1 aliphatic heterocycles. The van der Waals surface area contributed by atoms with E-state index in [4.69, 9.17) is 9.46 Å². The highest BCUT2D eigenvalue weighted by Crippen LogP contribution is 2.24. The van der Waals surface area contributed by atoms with Gasteiger partial charge in [0.25, 0.3) is 0 Å². The van der Waals surface area contributed by atoms with Gasteiger partial charge in [0.05, 0.1) is 0 Å². The van der Waals surface area contributed by atoms with Crippen LogP contribution in [0.15, 0.2) is 0 Å². The molecule has 8 heavy (non-hydrogen) atoms. The average molecular weight is 169 g/mol. The Balaban J connectivity index is 0.000000145. The van der Waals surface area contributed by atoms with Crippen LogP contribution in [0.25, 0.3) is 0 Å². The van der Waals surface area contributed by atoms with Crippen molar-refractivity contribution in [3.05, 3.63) is 0 Å². The van der Waals surface area contributed by atoms with Crippen LogP contribution in [0, 0.1) is 0 Å². The molecule has 1 unspecified atom stereocenters. The SMILES string of the molecule is C1CP=PC1.O=[PH+]O. The molecule has 0 spiro atoms. The highest BCUT2D eigenvalue weighted by atomic mass is 31.7. The first-order chi connectivity index (χ1) is 3.91. The molecule has 1 rings (SSSR count). The molecule has 0 radical (unpaired) electrons. The minimum absolute atomic E-state index is 1.17. The van der Waals surface area contributed by atoms with Crippen molar-refractivity contribution in [3.63, 3.8) is 0 Å². The molecule has 0 saturated heterocycles. The Labute approximate surface area is 53.4 Å². The summed E-state index contributed by atoms with van der Waals surface area (Å²) in [5.74, 6) is 0. The molecule has 0 aromatic heterocycles. The number of hydrogen-bond donors (Lipinski definition) is 1. The molecule has 0 aromatic carbocycles. The van der Waals surface area contributed by atoms with E-state index in [-0.39, 0.29) is 0 Å². The van der Waals surface area contributed by atoms with Crippen LogP contribution in [-0.2, 0) is 4.57 Å². The molecule has 1 N–H and O–H groups in total. The van der Waals surface area contributed by atoms with Crippen molar-refractivity contribution in [2.45, 2.75) is 6.42 Å². The second kappa shape index (κ2) is 7.66. The van der Waals surface area contributed by atoms with Crippen molar-refractivity contribution >= 4 is 24.4 Å². The minimum Gasteiger partial charge on any atom is -0.162 e. The van der Waals surface area contributed by atoms with E-state index < -0.39 is 8.69 Å². The molecule has 2 nitrogen and oxygen atoms in total. The zero-order valence-corrected chi connectivity index (χ0v) is 7.16. The van der Waals surface area contributed by atoms with Crippen LogP contribution in [0.1, 0.15) is 6.42 Å². The van der Waals surface area contributed by atoms with E-state index in [1.165, 1.54) is 18.7 Å². The lowest BCUT2D eigenvalue weighted by Gasteiger charge is -1.67. The van der Waals surface area contributed by atoms with Gasteiger partial charge in [-0.3, -0.25) is 0 Å². The van der Waals surface area contributed by atoms with E-state index in [1.807, 2.05) is 0 Å². The predicted molar refractivity (Wildman–Crippen MR) is 39.4 cm³/mol. The maximum Gasteiger partial charge on any atom is 0.491 e. The normalized spacial score (nSPS) is 19.6. The highest BCUT2D eigenvalue weighted by molar-refractivity contribution is 7.84. The van der Waals surface area contributed by atoms with Crippen LogP contribution in [0.3, 0.4) is 0 Å². The summed E-state index contributed by atoms with van der Waals surface area (Å²) < 4.78 is 8.51. The van der Waals surface area contributed by atoms with Gasteiger partial charge in [-0.05, 0) is 23.3 Å². The lowest BCUT2D eigenvalue weighted by molar-refractivity contribution is 0.524. The molecule has 1 aliphatic rings. The standard InChI is InChI=1S/C3H6P2.HO2P/c1-2-4-5-3-1;1-3-2/h1-3H2;3H/p+1. The molecule has 5 heteroatoms. The molecule has 0 saturated carbocycles. The van der Waals surface area contributed by atoms with Gasteiger partial charge < -0.3 is 0 Å². The van der Waals surface area contributed by atoms with E-state index in [2.05, 4.69) is 0 Å². The Kier molecular flexibility index (Phi) is 8.29. The molecule has 1 heterocycles. The van der Waals surface area contributed by atoms with Crippen molar-refractivity contribution < 1.29 is 9.46 Å². The van der Waals surface area contributed by atoms with Gasteiger partial charge in [0.1, 0.15) is 0 Å². The van der Waals surface area contributed by atoms with Crippen molar-refractivity contribution in [2.24, 2.45) is 0 Å². The van der Waals surface area contributed by atoms with Crippen LogP contribution in [0.2, 0.25) is 0 Å². The Morgan fingerprint density at radius 2 is 1.75 bits per heavy atom. The topological polar surface area (TPSA) is 37.3 Å². The van der Waals surface area contributed by atoms with E-state index in [1.54, 1.807) is 15.7 Å². The number of rotatable bonds is 0. The Morgan fingerprint density at radius 3 is 1.88 bits per heavy atom. The van der Waals surface area contributed by atoms with Crippen molar-refractivity contribution in [1.82, 2.24) is 0 Å². The Hall–Kier alpha value is 0.660. The van der Waals surface area contributed by atoms with Gasteiger partial charge in [0.2, 0.25) is 0 Å². The fourth-order valence-corrected chi connectivity index (χ4v) is 3.18. The smallest absolute Gasteiger partial charge is 0.162 e. The monoisotopic (exact) mass is 169 g/mol. The first kappa shape index (κ1) is 8.66. The lowest BCUT2D eigenvalue weighted by atomic mass is 10.6. The van der Waals surface area contributed by atoms with Gasteiger partial charge in [-0.1, -0.05) is 15.7 Å². The molecule has 0 bridgehead atoms. The fraction of sp³-hybridized carbons (Fsp3) is 1.00. The largest absolute Gasteiger partial charge is 0.491 e.